The fraction of sp³-hybridized carbons (Fsp3) is 0.222. The summed E-state index contributed by atoms with van der Waals surface area (Å²) in [5.41, 5.74) is 4.22. The van der Waals surface area contributed by atoms with Crippen LogP contribution < -0.4 is 0 Å². The fourth-order valence-corrected chi connectivity index (χ4v) is 4.54. The normalized spacial score (nSPS) is 13.3. The molecule has 0 N–H and O–H groups in total. The first-order chi connectivity index (χ1) is 20.8. The molecule has 0 aliphatic carbocycles. The molecule has 0 radical (unpaired) electrons. The molecular weight excluding hydrogens is 733 g/mol. The first-order valence-corrected chi connectivity index (χ1v) is 25.1. The Hall–Kier alpha value is -2.48. The number of hydrogen-bond acceptors (Lipinski definition) is 9. The van der Waals surface area contributed by atoms with Crippen LogP contribution in [0.15, 0.2) is 100 Å². The molecule has 1 aliphatic heterocycles. The maximum atomic E-state index is 12.3. The highest BCUT2D eigenvalue weighted by Crippen LogP contribution is 2.21. The number of hydrogen-bond donors (Lipinski definition) is 0. The molecule has 10 nitrogen and oxygen atoms in total. The number of sulfonamides is 1. The zero-order valence-corrected chi connectivity index (χ0v) is 31.8. The van der Waals surface area contributed by atoms with E-state index in [1.54, 1.807) is 42.7 Å². The van der Waals surface area contributed by atoms with Crippen molar-refractivity contribution in [2.75, 3.05) is 0 Å². The zero-order valence-electron chi connectivity index (χ0n) is 25.0. The summed E-state index contributed by atoms with van der Waals surface area (Å²) < 4.78 is 46.8. The van der Waals surface area contributed by atoms with Crippen LogP contribution in [0.2, 0.25) is 19.6 Å². The third kappa shape index (κ3) is 19.6. The lowest BCUT2D eigenvalue weighted by Gasteiger charge is -2.23. The van der Waals surface area contributed by atoms with Crippen LogP contribution in [-0.4, -0.2) is 63.2 Å². The monoisotopic (exact) mass is 762 g/mol. The molecule has 240 valence electrons. The molecular formula is C27H31AlCl4N6O4S2Si. The van der Waals surface area contributed by atoms with Gasteiger partial charge in [0.15, 0.2) is 14.1 Å². The Bertz CT molecular complexity index is 1630. The Labute approximate surface area is 288 Å². The second-order valence-corrected chi connectivity index (χ2v) is 25.1. The van der Waals surface area contributed by atoms with Crippen LogP contribution in [0.25, 0.3) is 0 Å². The van der Waals surface area contributed by atoms with Crippen molar-refractivity contribution in [2.45, 2.75) is 49.3 Å². The summed E-state index contributed by atoms with van der Waals surface area (Å²) in [6.07, 6.45) is 7.66. The number of hydrazone groups is 1. The van der Waals surface area contributed by atoms with Crippen LogP contribution >= 0.6 is 40.8 Å². The van der Waals surface area contributed by atoms with Crippen LogP contribution in [0, 0.1) is 36.1 Å². The van der Waals surface area contributed by atoms with Gasteiger partial charge in [-0.05, 0) is 62.4 Å². The number of allylic oxidation sites excluding steroid dienone is 1. The molecule has 4 rings (SSSR count). The van der Waals surface area contributed by atoms with E-state index in [-0.39, 0.29) is 9.79 Å². The van der Waals surface area contributed by atoms with Crippen LogP contribution in [0.1, 0.15) is 11.1 Å². The summed E-state index contributed by atoms with van der Waals surface area (Å²) in [6, 6.07) is 17.4. The average Bonchev–Trinajstić information content (AvgIpc) is 2.98. The van der Waals surface area contributed by atoms with Crippen LogP contribution in [0.4, 0.5) is 0 Å². The van der Waals surface area contributed by atoms with E-state index in [0.29, 0.717) is 0 Å². The van der Waals surface area contributed by atoms with Crippen molar-refractivity contribution < 1.29 is 16.8 Å². The first-order valence-electron chi connectivity index (χ1n) is 12.6. The lowest BCUT2D eigenvalue weighted by atomic mass is 10.2. The van der Waals surface area contributed by atoms with Gasteiger partial charge in [0.25, 0.3) is 19.1 Å². The van der Waals surface area contributed by atoms with Crippen molar-refractivity contribution in [1.82, 2.24) is 14.6 Å². The molecule has 2 aromatic carbocycles. The number of nitrogens with zero attached hydrogens (tertiary/aromatic N) is 6. The Morgan fingerprint density at radius 3 is 1.53 bits per heavy atom. The number of nitriles is 2. The molecule has 0 bridgehead atoms. The van der Waals surface area contributed by atoms with Gasteiger partial charge in [-0.2, -0.15) is 33.4 Å². The molecule has 1 aliphatic rings. The predicted molar refractivity (Wildman–Crippen MR) is 186 cm³/mol. The SMILES string of the molecule is C[Si](C)(C)C#N.Cc1ccc(S(=O)(=O)Cl)cc1.Cc1ccc(S(=O)(=O)N2N=CC=CC2C#N)cc1.[Cl][Al]([Cl])[Cl].c1ccnnc1. The Kier molecular flexibility index (Phi) is 20.2. The molecule has 0 fully saturated rings. The van der Waals surface area contributed by atoms with Gasteiger partial charge in [0.05, 0.1) is 15.9 Å². The van der Waals surface area contributed by atoms with Gasteiger partial charge in [-0.1, -0.05) is 55.0 Å². The molecule has 2 heterocycles. The second-order valence-electron chi connectivity index (χ2n) is 9.59. The number of aryl methyl sites for hydroxylation is 2. The number of benzene rings is 2. The predicted octanol–water partition coefficient (Wildman–Crippen LogP) is 6.91. The highest BCUT2D eigenvalue weighted by molar-refractivity contribution is 8.13. The first kappa shape index (κ1) is 42.5. The molecule has 1 unspecified atom stereocenters. The Morgan fingerprint density at radius 1 is 0.822 bits per heavy atom. The van der Waals surface area contributed by atoms with E-state index in [0.717, 1.165) is 15.5 Å². The summed E-state index contributed by atoms with van der Waals surface area (Å²) in [7, 11) is 11.3. The van der Waals surface area contributed by atoms with Crippen molar-refractivity contribution in [3.63, 3.8) is 0 Å². The molecule has 45 heavy (non-hydrogen) atoms. The van der Waals surface area contributed by atoms with Gasteiger partial charge in [0.2, 0.25) is 0 Å². The van der Waals surface area contributed by atoms with Gasteiger partial charge in [0, 0.05) is 35.0 Å². The van der Waals surface area contributed by atoms with E-state index in [1.165, 1.54) is 36.6 Å². The van der Waals surface area contributed by atoms with Crippen molar-refractivity contribution in [2.24, 2.45) is 5.10 Å². The third-order valence-electron chi connectivity index (χ3n) is 4.62. The summed E-state index contributed by atoms with van der Waals surface area (Å²) in [5, 5.41) is 28.0. The van der Waals surface area contributed by atoms with Crippen molar-refractivity contribution in [1.29, 1.82) is 10.5 Å². The van der Waals surface area contributed by atoms with Gasteiger partial charge in [0.1, 0.15) is 0 Å². The Morgan fingerprint density at radius 2 is 1.22 bits per heavy atom. The van der Waals surface area contributed by atoms with E-state index in [2.05, 4.69) is 21.0 Å². The molecule has 1 aromatic heterocycles. The minimum atomic E-state index is -3.78. The molecule has 0 saturated carbocycles. The van der Waals surface area contributed by atoms with E-state index >= 15 is 0 Å². The van der Waals surface area contributed by atoms with Gasteiger partial charge < -0.3 is 0 Å². The summed E-state index contributed by atoms with van der Waals surface area (Å²) in [4.78, 5) is 0.269. The fourth-order valence-electron chi connectivity index (χ4n) is 2.48. The number of halogens is 4. The van der Waals surface area contributed by atoms with Crippen LogP contribution in [0.3, 0.4) is 0 Å². The summed E-state index contributed by atoms with van der Waals surface area (Å²) >= 11 is -1.72. The quantitative estimate of drug-likeness (QED) is 0.206. The van der Waals surface area contributed by atoms with Crippen molar-refractivity contribution in [3.8, 4) is 11.8 Å². The molecule has 0 amide bonds. The van der Waals surface area contributed by atoms with Crippen molar-refractivity contribution >= 4 is 85.6 Å². The van der Waals surface area contributed by atoms with E-state index in [4.69, 9.17) is 51.4 Å². The highest BCUT2D eigenvalue weighted by Gasteiger charge is 2.29. The van der Waals surface area contributed by atoms with Crippen molar-refractivity contribution in [3.05, 3.63) is 96.3 Å². The standard InChI is InChI=1S/C12H11N3O2S.C7H7ClO2S.C4H4N2.C4H9NSi.Al.3ClH/c1-10-4-6-12(7-5-10)18(16,17)15-11(9-13)3-2-8-14-15;1-6-2-4-7(5-3-6)11(8,9)10;1-2-4-6-5-3-1;1-6(2,3)4-5;;;;/h2-8,11H,1H3;2-5H,1H3;1-4H;1-3H3;;3*1H/q;;;;+3;;;/p-3. The topological polar surface area (TPSA) is 157 Å². The maximum Gasteiger partial charge on any atom is 0.643 e. The third-order valence-corrected chi connectivity index (χ3v) is 8.34. The molecule has 1 atom stereocenters. The Balaban J connectivity index is 0.000000608. The molecule has 18 heteroatoms. The average molecular weight is 765 g/mol. The van der Waals surface area contributed by atoms with Gasteiger partial charge in [-0.15, -0.1) is 0 Å². The maximum absolute atomic E-state index is 12.3. The summed E-state index contributed by atoms with van der Waals surface area (Å²) in [6.45, 7) is 9.81. The van der Waals surface area contributed by atoms with Crippen LogP contribution in [0.5, 0.6) is 0 Å². The lowest BCUT2D eigenvalue weighted by Crippen LogP contribution is -2.35. The molecule has 3 aromatic rings. The van der Waals surface area contributed by atoms with Crippen LogP contribution in [-0.2, 0) is 19.1 Å². The van der Waals surface area contributed by atoms with E-state index < -0.39 is 44.6 Å². The van der Waals surface area contributed by atoms with Gasteiger partial charge in [-0.3, -0.25) is 0 Å². The lowest BCUT2D eigenvalue weighted by molar-refractivity contribution is 0.421. The zero-order chi connectivity index (χ0) is 34.7. The second kappa shape index (κ2) is 21.3. The number of aromatic nitrogens is 2. The van der Waals surface area contributed by atoms with Gasteiger partial charge in [-0.25, -0.2) is 43.8 Å². The highest BCUT2D eigenvalue weighted by atomic mass is 35.8. The smallest absolute Gasteiger partial charge is 0.214 e. The van der Waals surface area contributed by atoms with E-state index in [1.807, 2.05) is 51.7 Å². The largest absolute Gasteiger partial charge is 0.643 e. The summed E-state index contributed by atoms with van der Waals surface area (Å²) in [5.74, 6) is 0. The van der Waals surface area contributed by atoms with E-state index in [9.17, 15) is 16.8 Å². The van der Waals surface area contributed by atoms with Gasteiger partial charge >= 0.3 is 11.4 Å². The number of rotatable bonds is 3. The molecule has 0 saturated heterocycles. The molecule has 0 spiro atoms. The minimum Gasteiger partial charge on any atom is -0.214 e. The minimum absolute atomic E-state index is 0.126.